The molecule has 0 saturated heterocycles. The van der Waals surface area contributed by atoms with Crippen molar-refractivity contribution in [3.8, 4) is 10.4 Å². The molecule has 2 heterocycles. The third-order valence-corrected chi connectivity index (χ3v) is 7.31. The summed E-state index contributed by atoms with van der Waals surface area (Å²) in [4.78, 5) is 14.3. The van der Waals surface area contributed by atoms with E-state index in [1.54, 1.807) is 18.2 Å². The van der Waals surface area contributed by atoms with Crippen LogP contribution in [0.1, 0.15) is 11.1 Å². The number of hydrogen-bond acceptors (Lipinski definition) is 3. The van der Waals surface area contributed by atoms with Gasteiger partial charge in [0.2, 0.25) is 0 Å². The SMILES string of the molecule is O=c1c2ccccc2n2c(=S)sc(-c3ccc(Br)cc3)c2n1Cc1cccc(C(F)(F)F)c1. The van der Waals surface area contributed by atoms with Crippen LogP contribution in [0, 0.1) is 3.95 Å². The van der Waals surface area contributed by atoms with Crippen molar-refractivity contribution >= 4 is 56.0 Å². The van der Waals surface area contributed by atoms with Gasteiger partial charge in [0.25, 0.3) is 5.56 Å². The summed E-state index contributed by atoms with van der Waals surface area (Å²) >= 11 is 10.5. The van der Waals surface area contributed by atoms with E-state index in [2.05, 4.69) is 15.9 Å². The van der Waals surface area contributed by atoms with Crippen molar-refractivity contribution in [3.63, 3.8) is 0 Å². The van der Waals surface area contributed by atoms with Crippen molar-refractivity contribution in [2.24, 2.45) is 0 Å². The number of rotatable bonds is 3. The Bertz CT molecular complexity index is 1630. The number of thiazole rings is 1. The van der Waals surface area contributed by atoms with Gasteiger partial charge >= 0.3 is 6.18 Å². The standard InChI is InChI=1S/C24H14BrF3N2OS2/c25-17-10-8-15(9-11-17)20-21-29(13-14-4-3-5-16(12-14)24(26,27)28)22(31)18-6-1-2-7-19(18)30(21)23(32)33-20/h1-12H,13H2. The minimum absolute atomic E-state index is 0.0217. The summed E-state index contributed by atoms with van der Waals surface area (Å²) in [6.45, 7) is -0.0217. The van der Waals surface area contributed by atoms with Crippen LogP contribution in [0.5, 0.6) is 0 Å². The van der Waals surface area contributed by atoms with Crippen LogP contribution in [-0.4, -0.2) is 8.97 Å². The van der Waals surface area contributed by atoms with Crippen LogP contribution >= 0.6 is 39.5 Å². The summed E-state index contributed by atoms with van der Waals surface area (Å²) in [5.41, 5.74) is 1.44. The van der Waals surface area contributed by atoms with Crippen LogP contribution in [0.2, 0.25) is 0 Å². The topological polar surface area (TPSA) is 26.4 Å². The van der Waals surface area contributed by atoms with E-state index in [4.69, 9.17) is 12.2 Å². The van der Waals surface area contributed by atoms with E-state index in [0.29, 0.717) is 26.1 Å². The smallest absolute Gasteiger partial charge is 0.288 e. The normalized spacial score (nSPS) is 12.0. The molecule has 0 unspecified atom stereocenters. The molecule has 0 aliphatic carbocycles. The summed E-state index contributed by atoms with van der Waals surface area (Å²) in [6.07, 6.45) is -4.47. The highest BCUT2D eigenvalue weighted by molar-refractivity contribution is 9.10. The summed E-state index contributed by atoms with van der Waals surface area (Å²) in [7, 11) is 0. The first-order valence-electron chi connectivity index (χ1n) is 9.83. The summed E-state index contributed by atoms with van der Waals surface area (Å²) in [5, 5.41) is 0.452. The first-order valence-corrected chi connectivity index (χ1v) is 11.8. The number of halogens is 4. The van der Waals surface area contributed by atoms with Gasteiger partial charge in [-0.2, -0.15) is 13.2 Å². The van der Waals surface area contributed by atoms with Gasteiger partial charge in [-0.15, -0.1) is 11.3 Å². The molecule has 3 aromatic carbocycles. The minimum Gasteiger partial charge on any atom is -0.288 e. The average Bonchev–Trinajstić information content (AvgIpc) is 3.14. The predicted molar refractivity (Wildman–Crippen MR) is 132 cm³/mol. The Morgan fingerprint density at radius 1 is 0.970 bits per heavy atom. The van der Waals surface area contributed by atoms with E-state index in [9.17, 15) is 18.0 Å². The quantitative estimate of drug-likeness (QED) is 0.218. The Labute approximate surface area is 203 Å². The number of fused-ring (bicyclic) bond motifs is 3. The van der Waals surface area contributed by atoms with E-state index in [-0.39, 0.29) is 12.1 Å². The molecule has 5 aromatic rings. The van der Waals surface area contributed by atoms with Gasteiger partial charge in [0.05, 0.1) is 27.9 Å². The molecule has 0 spiro atoms. The molecule has 0 N–H and O–H groups in total. The molecule has 33 heavy (non-hydrogen) atoms. The van der Waals surface area contributed by atoms with Crippen LogP contribution in [0.25, 0.3) is 27.0 Å². The second kappa shape index (κ2) is 8.23. The van der Waals surface area contributed by atoms with E-state index in [1.807, 2.05) is 40.8 Å². The van der Waals surface area contributed by atoms with E-state index < -0.39 is 11.7 Å². The Hall–Kier alpha value is -2.75. The largest absolute Gasteiger partial charge is 0.416 e. The van der Waals surface area contributed by atoms with Gasteiger partial charge in [0.1, 0.15) is 5.65 Å². The van der Waals surface area contributed by atoms with Crippen LogP contribution in [0.4, 0.5) is 13.2 Å². The average molecular weight is 547 g/mol. The molecule has 5 rings (SSSR count). The Kier molecular flexibility index (Phi) is 5.50. The van der Waals surface area contributed by atoms with Crippen molar-refractivity contribution in [2.45, 2.75) is 12.7 Å². The van der Waals surface area contributed by atoms with Crippen molar-refractivity contribution in [1.29, 1.82) is 0 Å². The molecule has 0 atom stereocenters. The number of benzene rings is 3. The maximum absolute atomic E-state index is 13.6. The lowest BCUT2D eigenvalue weighted by Gasteiger charge is -2.14. The van der Waals surface area contributed by atoms with Gasteiger partial charge in [-0.25, -0.2) is 0 Å². The number of aromatic nitrogens is 2. The maximum atomic E-state index is 13.6. The Morgan fingerprint density at radius 3 is 2.42 bits per heavy atom. The van der Waals surface area contributed by atoms with Gasteiger partial charge in [-0.05, 0) is 59.7 Å². The minimum atomic E-state index is -4.47. The van der Waals surface area contributed by atoms with E-state index in [1.165, 1.54) is 22.0 Å². The first kappa shape index (κ1) is 22.1. The lowest BCUT2D eigenvalue weighted by atomic mass is 10.1. The molecule has 166 valence electrons. The van der Waals surface area contributed by atoms with Gasteiger partial charge < -0.3 is 0 Å². The zero-order valence-corrected chi connectivity index (χ0v) is 20.0. The number of alkyl halides is 3. The van der Waals surface area contributed by atoms with Crippen LogP contribution in [0.3, 0.4) is 0 Å². The molecule has 0 fully saturated rings. The van der Waals surface area contributed by atoms with Crippen LogP contribution in [0.15, 0.2) is 82.1 Å². The third-order valence-electron chi connectivity index (χ3n) is 5.36. The fourth-order valence-corrected chi connectivity index (χ4v) is 5.57. The van der Waals surface area contributed by atoms with Gasteiger partial charge in [0, 0.05) is 4.47 Å². The monoisotopic (exact) mass is 546 g/mol. The van der Waals surface area contributed by atoms with E-state index in [0.717, 1.165) is 27.0 Å². The molecular formula is C24H14BrF3N2OS2. The summed E-state index contributed by atoms with van der Waals surface area (Å²) < 4.78 is 44.7. The summed E-state index contributed by atoms with van der Waals surface area (Å²) in [5.74, 6) is 0. The Morgan fingerprint density at radius 2 is 1.70 bits per heavy atom. The molecule has 9 heteroatoms. The molecule has 2 aromatic heterocycles. The first-order chi connectivity index (χ1) is 15.7. The predicted octanol–water partition coefficient (Wildman–Crippen LogP) is 7.54. The van der Waals surface area contributed by atoms with Gasteiger partial charge in [-0.1, -0.05) is 52.3 Å². The van der Waals surface area contributed by atoms with Gasteiger partial charge in [-0.3, -0.25) is 13.8 Å². The number of hydrogen-bond donors (Lipinski definition) is 0. The van der Waals surface area contributed by atoms with Crippen molar-refractivity contribution < 1.29 is 13.2 Å². The van der Waals surface area contributed by atoms with Crippen molar-refractivity contribution in [1.82, 2.24) is 8.97 Å². The lowest BCUT2D eigenvalue weighted by Crippen LogP contribution is -2.24. The highest BCUT2D eigenvalue weighted by atomic mass is 79.9. The van der Waals surface area contributed by atoms with Crippen molar-refractivity contribution in [3.05, 3.63) is 103 Å². The fraction of sp³-hybridized carbons (Fsp3) is 0.0833. The molecule has 3 nitrogen and oxygen atoms in total. The molecule has 0 saturated carbocycles. The highest BCUT2D eigenvalue weighted by Crippen LogP contribution is 2.34. The molecular weight excluding hydrogens is 533 g/mol. The highest BCUT2D eigenvalue weighted by Gasteiger charge is 2.30. The van der Waals surface area contributed by atoms with Crippen LogP contribution in [-0.2, 0) is 12.7 Å². The zero-order chi connectivity index (χ0) is 23.3. The maximum Gasteiger partial charge on any atom is 0.416 e. The second-order valence-electron chi connectivity index (χ2n) is 7.47. The molecule has 0 bridgehead atoms. The number of para-hydroxylation sites is 1. The second-order valence-corrected chi connectivity index (χ2v) is 10.0. The zero-order valence-electron chi connectivity index (χ0n) is 16.8. The number of nitrogens with zero attached hydrogens (tertiary/aromatic N) is 2. The van der Waals surface area contributed by atoms with Gasteiger partial charge in [0.15, 0.2) is 3.95 Å². The lowest BCUT2D eigenvalue weighted by molar-refractivity contribution is -0.137. The molecule has 0 aliphatic heterocycles. The van der Waals surface area contributed by atoms with E-state index >= 15 is 0 Å². The van der Waals surface area contributed by atoms with Crippen LogP contribution < -0.4 is 5.56 Å². The third kappa shape index (κ3) is 3.94. The summed E-state index contributed by atoms with van der Waals surface area (Å²) in [6, 6.07) is 19.8. The van der Waals surface area contributed by atoms with Crippen molar-refractivity contribution in [2.75, 3.05) is 0 Å². The molecule has 0 aliphatic rings. The Balaban J connectivity index is 1.84. The molecule has 0 radical (unpaired) electrons. The molecule has 0 amide bonds. The fourth-order valence-electron chi connectivity index (χ4n) is 3.88.